The SMILES string of the molecule is Cc1cc(CO)cc(N2CCC(C3CC3)C2c2n[nH]c(=O)n2C)n1. The van der Waals surface area contributed by atoms with Crippen molar-refractivity contribution in [2.75, 3.05) is 11.4 Å². The number of pyridine rings is 1. The Morgan fingerprint density at radius 2 is 2.12 bits per heavy atom. The van der Waals surface area contributed by atoms with E-state index in [1.165, 1.54) is 12.8 Å². The third-order valence-corrected chi connectivity index (χ3v) is 5.33. The van der Waals surface area contributed by atoms with E-state index in [1.807, 2.05) is 19.1 Å². The number of H-pyrrole nitrogens is 1. The molecule has 0 spiro atoms. The molecule has 2 aromatic rings. The van der Waals surface area contributed by atoms with Gasteiger partial charge in [0.2, 0.25) is 0 Å². The van der Waals surface area contributed by atoms with Gasteiger partial charge in [-0.05, 0) is 55.7 Å². The highest BCUT2D eigenvalue weighted by atomic mass is 16.3. The van der Waals surface area contributed by atoms with E-state index < -0.39 is 0 Å². The maximum atomic E-state index is 11.9. The smallest absolute Gasteiger partial charge is 0.343 e. The molecule has 128 valence electrons. The molecule has 3 heterocycles. The zero-order valence-electron chi connectivity index (χ0n) is 14.1. The summed E-state index contributed by atoms with van der Waals surface area (Å²) in [5, 5.41) is 16.4. The lowest BCUT2D eigenvalue weighted by Crippen LogP contribution is -2.30. The van der Waals surface area contributed by atoms with Crippen LogP contribution in [0.25, 0.3) is 0 Å². The van der Waals surface area contributed by atoms with Crippen molar-refractivity contribution in [1.82, 2.24) is 19.7 Å². The van der Waals surface area contributed by atoms with Gasteiger partial charge in [-0.15, -0.1) is 0 Å². The monoisotopic (exact) mass is 329 g/mol. The molecule has 2 N–H and O–H groups in total. The summed E-state index contributed by atoms with van der Waals surface area (Å²) < 4.78 is 1.61. The molecule has 2 atom stereocenters. The average Bonchev–Trinajstić information content (AvgIpc) is 3.24. The van der Waals surface area contributed by atoms with Gasteiger partial charge in [0.1, 0.15) is 5.82 Å². The van der Waals surface area contributed by atoms with Crippen molar-refractivity contribution in [1.29, 1.82) is 0 Å². The van der Waals surface area contributed by atoms with Gasteiger partial charge in [-0.1, -0.05) is 0 Å². The fraction of sp³-hybridized carbons (Fsp3) is 0.588. The maximum Gasteiger partial charge on any atom is 0.343 e. The van der Waals surface area contributed by atoms with Gasteiger partial charge in [-0.3, -0.25) is 4.57 Å². The Balaban J connectivity index is 1.77. The van der Waals surface area contributed by atoms with Crippen LogP contribution in [0, 0.1) is 18.8 Å². The number of aryl methyl sites for hydroxylation is 1. The summed E-state index contributed by atoms with van der Waals surface area (Å²) in [6, 6.07) is 3.90. The number of hydrogen-bond acceptors (Lipinski definition) is 5. The molecule has 7 nitrogen and oxygen atoms in total. The molecule has 4 rings (SSSR count). The Morgan fingerprint density at radius 3 is 2.75 bits per heavy atom. The molecule has 0 bridgehead atoms. The van der Waals surface area contributed by atoms with Gasteiger partial charge in [0.05, 0.1) is 12.6 Å². The van der Waals surface area contributed by atoms with Crippen LogP contribution in [-0.4, -0.2) is 31.4 Å². The normalized spacial score (nSPS) is 23.9. The standard InChI is InChI=1S/C17H23N5O2/c1-10-7-11(9-23)8-14(18-10)22-6-5-13(12-3-4-12)15(22)16-19-20-17(24)21(16)2/h7-8,12-13,15,23H,3-6,9H2,1-2H3,(H,20,24). The zero-order valence-corrected chi connectivity index (χ0v) is 14.1. The van der Waals surface area contributed by atoms with Gasteiger partial charge in [-0.25, -0.2) is 14.9 Å². The molecule has 2 aliphatic rings. The molecule has 24 heavy (non-hydrogen) atoms. The molecule has 0 aromatic carbocycles. The Bertz CT molecular complexity index is 808. The van der Waals surface area contributed by atoms with E-state index in [0.717, 1.165) is 35.9 Å². The summed E-state index contributed by atoms with van der Waals surface area (Å²) in [5.41, 5.74) is 1.57. The van der Waals surface area contributed by atoms with E-state index in [9.17, 15) is 9.90 Å². The number of rotatable bonds is 4. The zero-order chi connectivity index (χ0) is 16.8. The van der Waals surface area contributed by atoms with Gasteiger partial charge in [0, 0.05) is 19.3 Å². The van der Waals surface area contributed by atoms with Gasteiger partial charge < -0.3 is 10.0 Å². The predicted octanol–water partition coefficient (Wildman–Crippen LogP) is 1.28. The first-order chi connectivity index (χ1) is 11.6. The summed E-state index contributed by atoms with van der Waals surface area (Å²) in [6.45, 7) is 2.84. The fourth-order valence-corrected chi connectivity index (χ4v) is 4.01. The number of nitrogens with one attached hydrogen (secondary N) is 1. The highest BCUT2D eigenvalue weighted by Gasteiger charge is 2.46. The van der Waals surface area contributed by atoms with Crippen LogP contribution in [0.3, 0.4) is 0 Å². The molecule has 0 amide bonds. The third-order valence-electron chi connectivity index (χ3n) is 5.33. The molecular formula is C17H23N5O2. The molecule has 2 unspecified atom stereocenters. The number of aliphatic hydroxyl groups excluding tert-OH is 1. The summed E-state index contributed by atoms with van der Waals surface area (Å²) in [5.74, 6) is 2.86. The van der Waals surface area contributed by atoms with Crippen molar-refractivity contribution < 1.29 is 5.11 Å². The van der Waals surface area contributed by atoms with Crippen LogP contribution < -0.4 is 10.6 Å². The van der Waals surface area contributed by atoms with Crippen LogP contribution in [-0.2, 0) is 13.7 Å². The van der Waals surface area contributed by atoms with Crippen LogP contribution in [0.4, 0.5) is 5.82 Å². The maximum absolute atomic E-state index is 11.9. The third kappa shape index (κ3) is 2.53. The lowest BCUT2D eigenvalue weighted by molar-refractivity contribution is 0.281. The Labute approximate surface area is 140 Å². The molecule has 1 aliphatic heterocycles. The van der Waals surface area contributed by atoms with Crippen molar-refractivity contribution in [2.45, 2.75) is 38.8 Å². The minimum absolute atomic E-state index is 0.00180. The van der Waals surface area contributed by atoms with Crippen LogP contribution in [0.5, 0.6) is 0 Å². The average molecular weight is 329 g/mol. The first-order valence-electron chi connectivity index (χ1n) is 8.55. The molecule has 2 aromatic heterocycles. The summed E-state index contributed by atoms with van der Waals surface area (Å²) >= 11 is 0. The fourth-order valence-electron chi connectivity index (χ4n) is 4.01. The van der Waals surface area contributed by atoms with Crippen LogP contribution in [0.15, 0.2) is 16.9 Å². The first-order valence-corrected chi connectivity index (χ1v) is 8.55. The molecule has 1 saturated heterocycles. The Hall–Kier alpha value is -2.15. The molecule has 0 radical (unpaired) electrons. The van der Waals surface area contributed by atoms with Gasteiger partial charge >= 0.3 is 5.69 Å². The number of aromatic amines is 1. The summed E-state index contributed by atoms with van der Waals surface area (Å²) in [7, 11) is 1.77. The van der Waals surface area contributed by atoms with Crippen molar-refractivity contribution in [3.63, 3.8) is 0 Å². The number of anilines is 1. The second kappa shape index (κ2) is 5.73. The van der Waals surface area contributed by atoms with Crippen molar-refractivity contribution >= 4 is 5.82 Å². The van der Waals surface area contributed by atoms with E-state index in [0.29, 0.717) is 11.8 Å². The number of aliphatic hydroxyl groups is 1. The highest BCUT2D eigenvalue weighted by molar-refractivity contribution is 5.46. The molecule has 1 aliphatic carbocycles. The Kier molecular flexibility index (Phi) is 3.68. The van der Waals surface area contributed by atoms with E-state index in [-0.39, 0.29) is 18.3 Å². The van der Waals surface area contributed by atoms with E-state index >= 15 is 0 Å². The van der Waals surface area contributed by atoms with E-state index in [2.05, 4.69) is 20.1 Å². The van der Waals surface area contributed by atoms with Crippen molar-refractivity contribution in [3.8, 4) is 0 Å². The minimum Gasteiger partial charge on any atom is -0.392 e. The quantitative estimate of drug-likeness (QED) is 0.882. The number of nitrogens with zero attached hydrogens (tertiary/aromatic N) is 4. The second-order valence-corrected chi connectivity index (χ2v) is 7.01. The topological polar surface area (TPSA) is 87.0 Å². The van der Waals surface area contributed by atoms with Crippen LogP contribution in [0.1, 0.15) is 42.4 Å². The van der Waals surface area contributed by atoms with Gasteiger partial charge in [0.25, 0.3) is 0 Å². The van der Waals surface area contributed by atoms with E-state index in [1.54, 1.807) is 11.6 Å². The van der Waals surface area contributed by atoms with Crippen molar-refractivity contribution in [3.05, 3.63) is 39.7 Å². The molecule has 2 fully saturated rings. The number of hydrogen-bond donors (Lipinski definition) is 2. The molecule has 7 heteroatoms. The second-order valence-electron chi connectivity index (χ2n) is 7.01. The number of aromatic nitrogens is 4. The predicted molar refractivity (Wildman–Crippen MR) is 89.6 cm³/mol. The molecule has 1 saturated carbocycles. The summed E-state index contributed by atoms with van der Waals surface area (Å²) in [6.07, 6.45) is 3.60. The van der Waals surface area contributed by atoms with Crippen LogP contribution in [0.2, 0.25) is 0 Å². The molecular weight excluding hydrogens is 306 g/mol. The van der Waals surface area contributed by atoms with E-state index in [4.69, 9.17) is 0 Å². The Morgan fingerprint density at radius 1 is 1.33 bits per heavy atom. The minimum atomic E-state index is -0.181. The lowest BCUT2D eigenvalue weighted by Gasteiger charge is -2.28. The van der Waals surface area contributed by atoms with Gasteiger partial charge in [-0.2, -0.15) is 5.10 Å². The summed E-state index contributed by atoms with van der Waals surface area (Å²) in [4.78, 5) is 18.8. The van der Waals surface area contributed by atoms with Gasteiger partial charge in [0.15, 0.2) is 5.82 Å². The van der Waals surface area contributed by atoms with Crippen LogP contribution >= 0.6 is 0 Å². The van der Waals surface area contributed by atoms with Crippen molar-refractivity contribution in [2.24, 2.45) is 18.9 Å². The largest absolute Gasteiger partial charge is 0.392 e. The first kappa shape index (κ1) is 15.4. The lowest BCUT2D eigenvalue weighted by atomic mass is 9.94. The highest BCUT2D eigenvalue weighted by Crippen LogP contribution is 2.50.